The van der Waals surface area contributed by atoms with Crippen molar-refractivity contribution in [3.63, 3.8) is 0 Å². The van der Waals surface area contributed by atoms with Crippen LogP contribution in [0, 0.1) is 0 Å². The fourth-order valence-corrected chi connectivity index (χ4v) is 3.95. The highest BCUT2D eigenvalue weighted by Gasteiger charge is 2.16. The van der Waals surface area contributed by atoms with E-state index in [1.165, 1.54) is 0 Å². The highest BCUT2D eigenvalue weighted by Crippen LogP contribution is 2.30. The quantitative estimate of drug-likeness (QED) is 0.627. The smallest absolute Gasteiger partial charge is 0.225 e. The van der Waals surface area contributed by atoms with E-state index in [4.69, 9.17) is 5.73 Å². The molecule has 1 unspecified atom stereocenters. The summed E-state index contributed by atoms with van der Waals surface area (Å²) in [6.45, 7) is 0.456. The number of rotatable bonds is 5. The van der Waals surface area contributed by atoms with Gasteiger partial charge < -0.3 is 16.0 Å². The van der Waals surface area contributed by atoms with E-state index in [0.29, 0.717) is 13.0 Å². The van der Waals surface area contributed by atoms with Crippen molar-refractivity contribution < 1.29 is 4.79 Å². The maximum atomic E-state index is 12.3. The maximum absolute atomic E-state index is 12.3. The van der Waals surface area contributed by atoms with E-state index >= 15 is 0 Å². The third-order valence-electron chi connectivity index (χ3n) is 3.55. The van der Waals surface area contributed by atoms with Crippen molar-refractivity contribution in [2.45, 2.75) is 12.3 Å². The van der Waals surface area contributed by atoms with E-state index in [1.54, 1.807) is 11.3 Å². The van der Waals surface area contributed by atoms with Gasteiger partial charge in [0.15, 0.2) is 0 Å². The Labute approximate surface area is 140 Å². The summed E-state index contributed by atoms with van der Waals surface area (Å²) in [6.07, 6.45) is 2.27. The molecule has 1 amide bonds. The molecule has 4 N–H and O–H groups in total. The first-order chi connectivity index (χ1) is 10.7. The summed E-state index contributed by atoms with van der Waals surface area (Å²) in [5, 5.41) is 4.03. The predicted octanol–water partition coefficient (Wildman–Crippen LogP) is 4.06. The fraction of sp³-hybridized carbons (Fsp3) is 0.188. The molecule has 0 aliphatic carbocycles. The SMILES string of the molecule is NCC(CC(=O)Nc1ccc2[nH]ccc2c1)c1ccc(Br)s1. The molecule has 0 saturated carbocycles. The number of thiophene rings is 1. The molecule has 0 fully saturated rings. The largest absolute Gasteiger partial charge is 0.361 e. The lowest BCUT2D eigenvalue weighted by atomic mass is 10.0. The van der Waals surface area contributed by atoms with E-state index in [2.05, 4.69) is 26.2 Å². The zero-order chi connectivity index (χ0) is 15.5. The molecule has 0 radical (unpaired) electrons. The number of amides is 1. The first-order valence-corrected chi connectivity index (χ1v) is 8.59. The molecule has 1 atom stereocenters. The van der Waals surface area contributed by atoms with E-state index in [-0.39, 0.29) is 11.8 Å². The van der Waals surface area contributed by atoms with Crippen molar-refractivity contribution >= 4 is 49.8 Å². The number of halogens is 1. The van der Waals surface area contributed by atoms with E-state index in [1.807, 2.05) is 42.6 Å². The van der Waals surface area contributed by atoms with Crippen molar-refractivity contribution in [2.75, 3.05) is 11.9 Å². The minimum atomic E-state index is -0.0186. The average Bonchev–Trinajstić information content (AvgIpc) is 3.13. The van der Waals surface area contributed by atoms with Crippen LogP contribution in [-0.2, 0) is 4.79 Å². The number of H-pyrrole nitrogens is 1. The van der Waals surface area contributed by atoms with E-state index in [0.717, 1.165) is 25.3 Å². The monoisotopic (exact) mass is 377 g/mol. The number of carbonyl (C=O) groups excluding carboxylic acids is 1. The average molecular weight is 378 g/mol. The number of aromatic amines is 1. The van der Waals surface area contributed by atoms with Crippen LogP contribution in [0.25, 0.3) is 10.9 Å². The number of nitrogens with two attached hydrogens (primary N) is 1. The number of anilines is 1. The van der Waals surface area contributed by atoms with E-state index in [9.17, 15) is 4.79 Å². The third-order valence-corrected chi connectivity index (χ3v) is 5.34. The number of benzene rings is 1. The van der Waals surface area contributed by atoms with Crippen LogP contribution in [-0.4, -0.2) is 17.4 Å². The van der Waals surface area contributed by atoms with E-state index < -0.39 is 0 Å². The maximum Gasteiger partial charge on any atom is 0.225 e. The summed E-state index contributed by atoms with van der Waals surface area (Å²) < 4.78 is 1.05. The van der Waals surface area contributed by atoms with Gasteiger partial charge in [0.05, 0.1) is 3.79 Å². The molecule has 0 aliphatic rings. The second-order valence-electron chi connectivity index (χ2n) is 5.11. The third kappa shape index (κ3) is 3.40. The van der Waals surface area contributed by atoms with Crippen LogP contribution in [0.3, 0.4) is 0 Å². The summed E-state index contributed by atoms with van der Waals surface area (Å²) >= 11 is 5.07. The van der Waals surface area contributed by atoms with Crippen LogP contribution in [0.5, 0.6) is 0 Å². The summed E-state index contributed by atoms with van der Waals surface area (Å²) in [4.78, 5) is 16.5. The lowest BCUT2D eigenvalue weighted by Crippen LogP contribution is -2.20. The molecule has 1 aromatic carbocycles. The zero-order valence-corrected chi connectivity index (χ0v) is 14.2. The second kappa shape index (κ2) is 6.64. The summed E-state index contributed by atoms with van der Waals surface area (Å²) in [7, 11) is 0. The minimum Gasteiger partial charge on any atom is -0.361 e. The Morgan fingerprint density at radius 2 is 2.18 bits per heavy atom. The number of aromatic nitrogens is 1. The van der Waals surface area contributed by atoms with Crippen LogP contribution < -0.4 is 11.1 Å². The second-order valence-corrected chi connectivity index (χ2v) is 7.60. The number of fused-ring (bicyclic) bond motifs is 1. The van der Waals surface area contributed by atoms with Crippen LogP contribution >= 0.6 is 27.3 Å². The number of carbonyl (C=O) groups is 1. The molecule has 4 nitrogen and oxygen atoms in total. The summed E-state index contributed by atoms with van der Waals surface area (Å²) in [6, 6.07) is 11.8. The summed E-state index contributed by atoms with van der Waals surface area (Å²) in [5.41, 5.74) is 7.69. The van der Waals surface area contributed by atoms with Gasteiger partial charge in [-0.05, 0) is 52.3 Å². The number of hydrogen-bond donors (Lipinski definition) is 3. The Kier molecular flexibility index (Phi) is 4.61. The Bertz CT molecular complexity index is 795. The van der Waals surface area contributed by atoms with Crippen molar-refractivity contribution in [3.05, 3.63) is 51.3 Å². The Hall–Kier alpha value is -1.63. The highest BCUT2D eigenvalue weighted by atomic mass is 79.9. The standard InChI is InChI=1S/C16H16BrN3OS/c17-15-4-3-14(22-15)11(9-18)8-16(21)20-12-1-2-13-10(7-12)5-6-19-13/h1-7,11,19H,8-9,18H2,(H,20,21). The zero-order valence-electron chi connectivity index (χ0n) is 11.8. The number of nitrogens with one attached hydrogen (secondary N) is 2. The topological polar surface area (TPSA) is 70.9 Å². The minimum absolute atomic E-state index is 0.0186. The van der Waals surface area contributed by atoms with Gasteiger partial charge in [-0.2, -0.15) is 0 Å². The molecule has 0 aliphatic heterocycles. The first-order valence-electron chi connectivity index (χ1n) is 6.98. The number of hydrogen-bond acceptors (Lipinski definition) is 3. The Balaban J connectivity index is 1.68. The van der Waals surface area contributed by atoms with Gasteiger partial charge in [0, 0.05) is 46.5 Å². The van der Waals surface area contributed by atoms with Crippen molar-refractivity contribution in [3.8, 4) is 0 Å². The lowest BCUT2D eigenvalue weighted by molar-refractivity contribution is -0.116. The van der Waals surface area contributed by atoms with Gasteiger partial charge in [0.25, 0.3) is 0 Å². The van der Waals surface area contributed by atoms with Gasteiger partial charge in [0.1, 0.15) is 0 Å². The van der Waals surface area contributed by atoms with Gasteiger partial charge in [-0.3, -0.25) is 4.79 Å². The van der Waals surface area contributed by atoms with Gasteiger partial charge in [0.2, 0.25) is 5.91 Å². The fourth-order valence-electron chi connectivity index (χ4n) is 2.41. The lowest BCUT2D eigenvalue weighted by Gasteiger charge is -2.13. The molecule has 0 saturated heterocycles. The first kappa shape index (κ1) is 15.3. The van der Waals surface area contributed by atoms with Crippen molar-refractivity contribution in [1.82, 2.24) is 4.98 Å². The molecule has 22 heavy (non-hydrogen) atoms. The van der Waals surface area contributed by atoms with Crippen LogP contribution in [0.4, 0.5) is 5.69 Å². The van der Waals surface area contributed by atoms with Gasteiger partial charge in [-0.25, -0.2) is 0 Å². The van der Waals surface area contributed by atoms with Crippen LogP contribution in [0.1, 0.15) is 17.2 Å². The van der Waals surface area contributed by atoms with Gasteiger partial charge in [-0.15, -0.1) is 11.3 Å². The molecule has 0 spiro atoms. The molecular weight excluding hydrogens is 362 g/mol. The highest BCUT2D eigenvalue weighted by molar-refractivity contribution is 9.11. The normalized spacial score (nSPS) is 12.5. The molecule has 2 heterocycles. The van der Waals surface area contributed by atoms with Crippen molar-refractivity contribution in [2.24, 2.45) is 5.73 Å². The summed E-state index contributed by atoms with van der Waals surface area (Å²) in [5.74, 6) is 0.0298. The van der Waals surface area contributed by atoms with Crippen LogP contribution in [0.2, 0.25) is 0 Å². The Morgan fingerprint density at radius 3 is 2.91 bits per heavy atom. The van der Waals surface area contributed by atoms with Crippen LogP contribution in [0.15, 0.2) is 46.4 Å². The molecule has 3 aromatic rings. The molecule has 114 valence electrons. The molecule has 3 rings (SSSR count). The molecular formula is C16H16BrN3OS. The molecule has 0 bridgehead atoms. The molecule has 6 heteroatoms. The Morgan fingerprint density at radius 1 is 1.32 bits per heavy atom. The van der Waals surface area contributed by atoms with Gasteiger partial charge >= 0.3 is 0 Å². The van der Waals surface area contributed by atoms with Crippen molar-refractivity contribution in [1.29, 1.82) is 0 Å². The van der Waals surface area contributed by atoms with Gasteiger partial charge in [-0.1, -0.05) is 0 Å². The predicted molar refractivity (Wildman–Crippen MR) is 95.4 cm³/mol. The molecule has 2 aromatic heterocycles.